The minimum absolute atomic E-state index is 0.596. The van der Waals surface area contributed by atoms with E-state index >= 15 is 0 Å². The number of anilines is 1. The third-order valence-corrected chi connectivity index (χ3v) is 4.45. The molecular weight excluding hydrogens is 306 g/mol. The molecule has 0 saturated carbocycles. The Labute approximate surface area is 137 Å². The van der Waals surface area contributed by atoms with E-state index in [1.54, 1.807) is 29.9 Å². The second kappa shape index (κ2) is 6.10. The summed E-state index contributed by atoms with van der Waals surface area (Å²) >= 11 is 1.65. The molecule has 1 N–H and O–H groups in total. The van der Waals surface area contributed by atoms with Gasteiger partial charge < -0.3 is 5.32 Å². The van der Waals surface area contributed by atoms with Gasteiger partial charge in [-0.3, -0.25) is 4.98 Å². The molecule has 112 valence electrons. The largest absolute Gasteiger partial charge is 0.350 e. The van der Waals surface area contributed by atoms with Gasteiger partial charge in [-0.2, -0.15) is 0 Å². The molecule has 3 aromatic heterocycles. The predicted molar refractivity (Wildman–Crippen MR) is 92.2 cm³/mol. The van der Waals surface area contributed by atoms with Crippen LogP contribution in [0.4, 0.5) is 5.95 Å². The van der Waals surface area contributed by atoms with Crippen molar-refractivity contribution in [1.29, 1.82) is 0 Å². The second-order valence-electron chi connectivity index (χ2n) is 5.00. The molecule has 0 aliphatic carbocycles. The van der Waals surface area contributed by atoms with Gasteiger partial charge in [-0.25, -0.2) is 15.0 Å². The molecule has 0 unspecified atom stereocenters. The van der Waals surface area contributed by atoms with Gasteiger partial charge in [-0.15, -0.1) is 11.3 Å². The second-order valence-corrected chi connectivity index (χ2v) is 6.03. The first-order valence-corrected chi connectivity index (χ1v) is 8.01. The number of hydrogen-bond donors (Lipinski definition) is 1. The van der Waals surface area contributed by atoms with Crippen LogP contribution in [0.5, 0.6) is 0 Å². The van der Waals surface area contributed by atoms with E-state index in [1.807, 2.05) is 36.5 Å². The van der Waals surface area contributed by atoms with E-state index in [4.69, 9.17) is 0 Å². The van der Waals surface area contributed by atoms with E-state index in [1.165, 1.54) is 4.70 Å². The lowest BCUT2D eigenvalue weighted by Crippen LogP contribution is -2.03. The highest BCUT2D eigenvalue weighted by molar-refractivity contribution is 7.21. The van der Waals surface area contributed by atoms with Gasteiger partial charge in [-0.1, -0.05) is 18.2 Å². The van der Waals surface area contributed by atoms with Gasteiger partial charge in [0.15, 0.2) is 0 Å². The molecule has 0 saturated heterocycles. The fourth-order valence-electron chi connectivity index (χ4n) is 2.21. The van der Waals surface area contributed by atoms with Gasteiger partial charge in [-0.05, 0) is 23.8 Å². The molecule has 0 bridgehead atoms. The van der Waals surface area contributed by atoms with Crippen molar-refractivity contribution in [3.8, 4) is 10.6 Å². The molecule has 0 spiro atoms. The van der Waals surface area contributed by atoms with Crippen LogP contribution in [0.15, 0.2) is 61.2 Å². The fraction of sp³-hybridized carbons (Fsp3) is 0.0588. The molecule has 4 rings (SSSR count). The Kier molecular flexibility index (Phi) is 3.65. The van der Waals surface area contributed by atoms with Crippen LogP contribution in [0, 0.1) is 0 Å². The van der Waals surface area contributed by atoms with Gasteiger partial charge in [0.1, 0.15) is 5.01 Å². The molecule has 0 fully saturated rings. The summed E-state index contributed by atoms with van der Waals surface area (Å²) in [6, 6.07) is 12.0. The lowest BCUT2D eigenvalue weighted by atomic mass is 10.3. The first-order chi connectivity index (χ1) is 11.4. The van der Waals surface area contributed by atoms with Crippen LogP contribution >= 0.6 is 11.3 Å². The molecule has 0 aliphatic rings. The normalized spacial score (nSPS) is 10.8. The van der Waals surface area contributed by atoms with Crippen molar-refractivity contribution in [1.82, 2.24) is 19.9 Å². The zero-order valence-corrected chi connectivity index (χ0v) is 13.0. The standard InChI is InChI=1S/C17H13N5S/c1-2-6-15-14(5-1)22-16(23-15)13-10-20-17(21-11-13)19-9-12-4-3-7-18-8-12/h1-8,10-11H,9H2,(H,19,20,21). The lowest BCUT2D eigenvalue weighted by molar-refractivity contribution is 1.04. The van der Waals surface area contributed by atoms with Crippen LogP contribution in [-0.4, -0.2) is 19.9 Å². The molecular formula is C17H13N5S. The van der Waals surface area contributed by atoms with Gasteiger partial charge in [0.25, 0.3) is 0 Å². The van der Waals surface area contributed by atoms with Crippen LogP contribution in [-0.2, 0) is 6.54 Å². The number of pyridine rings is 1. The summed E-state index contributed by atoms with van der Waals surface area (Å²) in [7, 11) is 0. The first kappa shape index (κ1) is 13.8. The predicted octanol–water partition coefficient (Wildman–Crippen LogP) is 3.76. The van der Waals surface area contributed by atoms with Crippen molar-refractivity contribution in [2.24, 2.45) is 0 Å². The molecule has 6 heteroatoms. The molecule has 1 aromatic carbocycles. The Morgan fingerprint density at radius 2 is 1.83 bits per heavy atom. The van der Waals surface area contributed by atoms with Gasteiger partial charge in [0.2, 0.25) is 5.95 Å². The third-order valence-electron chi connectivity index (χ3n) is 3.37. The summed E-state index contributed by atoms with van der Waals surface area (Å²) in [6.07, 6.45) is 7.18. The van der Waals surface area contributed by atoms with Crippen molar-refractivity contribution in [2.75, 3.05) is 5.32 Å². The third kappa shape index (κ3) is 3.02. The Morgan fingerprint density at radius 1 is 0.957 bits per heavy atom. The summed E-state index contributed by atoms with van der Waals surface area (Å²) < 4.78 is 1.17. The number of thiazole rings is 1. The first-order valence-electron chi connectivity index (χ1n) is 7.19. The highest BCUT2D eigenvalue weighted by Crippen LogP contribution is 2.29. The van der Waals surface area contributed by atoms with Crippen molar-refractivity contribution in [3.63, 3.8) is 0 Å². The van der Waals surface area contributed by atoms with Crippen molar-refractivity contribution in [2.45, 2.75) is 6.54 Å². The van der Waals surface area contributed by atoms with Crippen LogP contribution in [0.2, 0.25) is 0 Å². The number of rotatable bonds is 4. The number of para-hydroxylation sites is 1. The Bertz CT molecular complexity index is 886. The smallest absolute Gasteiger partial charge is 0.222 e. The number of fused-ring (bicyclic) bond motifs is 1. The van der Waals surface area contributed by atoms with Gasteiger partial charge in [0, 0.05) is 36.9 Å². The summed E-state index contributed by atoms with van der Waals surface area (Å²) in [5, 5.41) is 4.12. The Balaban J connectivity index is 1.51. The van der Waals surface area contributed by atoms with Crippen molar-refractivity contribution in [3.05, 3.63) is 66.7 Å². The molecule has 4 aromatic rings. The van der Waals surface area contributed by atoms with E-state index in [0.717, 1.165) is 21.7 Å². The number of hydrogen-bond acceptors (Lipinski definition) is 6. The maximum absolute atomic E-state index is 4.62. The van der Waals surface area contributed by atoms with E-state index in [-0.39, 0.29) is 0 Å². The monoisotopic (exact) mass is 319 g/mol. The van der Waals surface area contributed by atoms with Crippen LogP contribution < -0.4 is 5.32 Å². The fourth-order valence-corrected chi connectivity index (χ4v) is 3.15. The molecule has 23 heavy (non-hydrogen) atoms. The quantitative estimate of drug-likeness (QED) is 0.620. The van der Waals surface area contributed by atoms with Crippen LogP contribution in [0.1, 0.15) is 5.56 Å². The summed E-state index contributed by atoms with van der Waals surface area (Å²) in [4.78, 5) is 17.4. The van der Waals surface area contributed by atoms with E-state index in [0.29, 0.717) is 12.5 Å². The van der Waals surface area contributed by atoms with Crippen molar-refractivity contribution >= 4 is 27.5 Å². The average molecular weight is 319 g/mol. The summed E-state index contributed by atoms with van der Waals surface area (Å²) in [5.74, 6) is 0.596. The number of nitrogens with one attached hydrogen (secondary N) is 1. The van der Waals surface area contributed by atoms with Crippen LogP contribution in [0.3, 0.4) is 0 Å². The summed E-state index contributed by atoms with van der Waals surface area (Å²) in [5.41, 5.74) is 3.02. The zero-order chi connectivity index (χ0) is 15.5. The molecule has 5 nitrogen and oxygen atoms in total. The number of nitrogens with zero attached hydrogens (tertiary/aromatic N) is 4. The topological polar surface area (TPSA) is 63.6 Å². The molecule has 0 radical (unpaired) electrons. The van der Waals surface area contributed by atoms with Gasteiger partial charge in [0.05, 0.1) is 10.2 Å². The van der Waals surface area contributed by atoms with Crippen LogP contribution in [0.25, 0.3) is 20.8 Å². The van der Waals surface area contributed by atoms with E-state index < -0.39 is 0 Å². The Hall–Kier alpha value is -2.86. The maximum Gasteiger partial charge on any atom is 0.222 e. The highest BCUT2D eigenvalue weighted by Gasteiger charge is 2.07. The molecule has 0 atom stereocenters. The summed E-state index contributed by atoms with van der Waals surface area (Å²) in [6.45, 7) is 0.647. The SMILES string of the molecule is c1cncc(CNc2ncc(-c3nc4ccccc4s3)cn2)c1. The van der Waals surface area contributed by atoms with E-state index in [9.17, 15) is 0 Å². The molecule has 3 heterocycles. The molecule has 0 amide bonds. The van der Waals surface area contributed by atoms with Crippen molar-refractivity contribution < 1.29 is 0 Å². The van der Waals surface area contributed by atoms with E-state index in [2.05, 4.69) is 31.3 Å². The molecule has 0 aliphatic heterocycles. The maximum atomic E-state index is 4.62. The minimum Gasteiger partial charge on any atom is -0.350 e. The Morgan fingerprint density at radius 3 is 2.61 bits per heavy atom. The lowest BCUT2D eigenvalue weighted by Gasteiger charge is -2.04. The number of aromatic nitrogens is 4. The highest BCUT2D eigenvalue weighted by atomic mass is 32.1. The zero-order valence-electron chi connectivity index (χ0n) is 12.2. The van der Waals surface area contributed by atoms with Gasteiger partial charge >= 0.3 is 0 Å². The number of benzene rings is 1. The minimum atomic E-state index is 0.596. The average Bonchev–Trinajstić information content (AvgIpc) is 3.05.